The number of hydrogen-bond donors (Lipinski definition) is 2. The number of fused-ring (bicyclic) bond motifs is 1. The van der Waals surface area contributed by atoms with E-state index in [1.165, 1.54) is 0 Å². The first-order valence-electron chi connectivity index (χ1n) is 5.25. The Labute approximate surface area is 102 Å². The number of amides is 1. The standard InChI is InChI=1S/C11H10N4OS/c16-10(15-11-12-3-4-17-11)7-1-2-8-9(5-7)14-6-13-8/h1-2,5-6H,3-4H2,(H,13,14)(H,12,15,16). The van der Waals surface area contributed by atoms with Crippen LogP contribution in [0.2, 0.25) is 0 Å². The molecule has 0 atom stereocenters. The fourth-order valence-electron chi connectivity index (χ4n) is 1.66. The fraction of sp³-hybridized carbons (Fsp3) is 0.182. The first-order valence-corrected chi connectivity index (χ1v) is 6.23. The van der Waals surface area contributed by atoms with Gasteiger partial charge in [-0.25, -0.2) is 4.98 Å². The van der Waals surface area contributed by atoms with Gasteiger partial charge in [-0.1, -0.05) is 11.8 Å². The van der Waals surface area contributed by atoms with Crippen LogP contribution in [0.1, 0.15) is 10.4 Å². The number of aromatic amines is 1. The van der Waals surface area contributed by atoms with Crippen LogP contribution >= 0.6 is 11.8 Å². The maximum absolute atomic E-state index is 11.9. The van der Waals surface area contributed by atoms with Crippen LogP contribution < -0.4 is 5.32 Å². The lowest BCUT2D eigenvalue weighted by atomic mass is 10.2. The van der Waals surface area contributed by atoms with Gasteiger partial charge in [0.1, 0.15) is 0 Å². The molecule has 17 heavy (non-hydrogen) atoms. The summed E-state index contributed by atoms with van der Waals surface area (Å²) in [4.78, 5) is 23.2. The van der Waals surface area contributed by atoms with Gasteiger partial charge in [-0.05, 0) is 18.2 Å². The molecule has 0 saturated carbocycles. The summed E-state index contributed by atoms with van der Waals surface area (Å²) in [6.07, 6.45) is 1.61. The van der Waals surface area contributed by atoms with Crippen molar-refractivity contribution in [1.82, 2.24) is 15.3 Å². The summed E-state index contributed by atoms with van der Waals surface area (Å²) in [5, 5.41) is 3.50. The summed E-state index contributed by atoms with van der Waals surface area (Å²) in [7, 11) is 0. The number of carbonyl (C=O) groups is 1. The number of H-pyrrole nitrogens is 1. The van der Waals surface area contributed by atoms with Gasteiger partial charge in [0.15, 0.2) is 5.17 Å². The SMILES string of the molecule is O=C(NC1=NCCS1)c1ccc2nc[nH]c2c1. The van der Waals surface area contributed by atoms with Crippen LogP contribution in [0.4, 0.5) is 0 Å². The van der Waals surface area contributed by atoms with E-state index >= 15 is 0 Å². The number of aromatic nitrogens is 2. The molecule has 6 heteroatoms. The Morgan fingerprint density at radius 3 is 3.24 bits per heavy atom. The zero-order valence-corrected chi connectivity index (χ0v) is 9.75. The minimum atomic E-state index is -0.130. The summed E-state index contributed by atoms with van der Waals surface area (Å²) in [5.41, 5.74) is 2.32. The van der Waals surface area contributed by atoms with E-state index in [4.69, 9.17) is 0 Å². The minimum Gasteiger partial charge on any atom is -0.345 e. The zero-order valence-electron chi connectivity index (χ0n) is 8.93. The summed E-state index contributed by atoms with van der Waals surface area (Å²) in [6, 6.07) is 5.38. The second-order valence-electron chi connectivity index (χ2n) is 3.62. The predicted molar refractivity (Wildman–Crippen MR) is 68.3 cm³/mol. The Bertz CT molecular complexity index is 604. The first-order chi connectivity index (χ1) is 8.33. The molecule has 0 aliphatic carbocycles. The molecule has 0 bridgehead atoms. The van der Waals surface area contributed by atoms with Crippen LogP contribution in [0.5, 0.6) is 0 Å². The normalized spacial score (nSPS) is 14.9. The Balaban J connectivity index is 1.84. The molecular weight excluding hydrogens is 236 g/mol. The smallest absolute Gasteiger partial charge is 0.257 e. The molecule has 5 nitrogen and oxygen atoms in total. The topological polar surface area (TPSA) is 70.1 Å². The highest BCUT2D eigenvalue weighted by molar-refractivity contribution is 8.14. The number of nitrogens with zero attached hydrogens (tertiary/aromatic N) is 2. The number of rotatable bonds is 1. The van der Waals surface area contributed by atoms with E-state index in [0.717, 1.165) is 23.3 Å². The van der Waals surface area contributed by atoms with E-state index in [-0.39, 0.29) is 5.91 Å². The first kappa shape index (κ1) is 10.3. The average molecular weight is 246 g/mol. The van der Waals surface area contributed by atoms with Crippen LogP contribution in [-0.4, -0.2) is 33.3 Å². The Hall–Kier alpha value is -1.82. The third-order valence-corrected chi connectivity index (χ3v) is 3.38. The van der Waals surface area contributed by atoms with Gasteiger partial charge in [-0.2, -0.15) is 0 Å². The van der Waals surface area contributed by atoms with Crippen LogP contribution in [0.3, 0.4) is 0 Å². The van der Waals surface area contributed by atoms with Crippen molar-refractivity contribution >= 4 is 33.9 Å². The molecule has 2 aromatic rings. The van der Waals surface area contributed by atoms with Gasteiger partial charge < -0.3 is 10.3 Å². The largest absolute Gasteiger partial charge is 0.345 e. The molecule has 1 aliphatic heterocycles. The maximum Gasteiger partial charge on any atom is 0.257 e. The quantitative estimate of drug-likeness (QED) is 0.799. The molecule has 0 spiro atoms. The number of thioether (sulfide) groups is 1. The second kappa shape index (κ2) is 4.21. The molecule has 0 fully saturated rings. The van der Waals surface area contributed by atoms with Crippen molar-refractivity contribution in [1.29, 1.82) is 0 Å². The van der Waals surface area contributed by atoms with Crippen molar-refractivity contribution < 1.29 is 4.79 Å². The molecule has 3 rings (SSSR count). The van der Waals surface area contributed by atoms with Crippen molar-refractivity contribution in [3.8, 4) is 0 Å². The van der Waals surface area contributed by atoms with Crippen LogP contribution in [0.15, 0.2) is 29.5 Å². The van der Waals surface area contributed by atoms with E-state index in [0.29, 0.717) is 10.7 Å². The Morgan fingerprint density at radius 1 is 1.47 bits per heavy atom. The highest BCUT2D eigenvalue weighted by atomic mass is 32.2. The number of imidazole rings is 1. The van der Waals surface area contributed by atoms with Gasteiger partial charge in [0.25, 0.3) is 5.91 Å². The molecule has 1 aliphatic rings. The molecular formula is C11H10N4OS. The van der Waals surface area contributed by atoms with E-state index < -0.39 is 0 Å². The van der Waals surface area contributed by atoms with Gasteiger partial charge >= 0.3 is 0 Å². The third kappa shape index (κ3) is 2.03. The Kier molecular flexibility index (Phi) is 2.56. The molecule has 86 valence electrons. The maximum atomic E-state index is 11.9. The average Bonchev–Trinajstić information content (AvgIpc) is 2.97. The summed E-state index contributed by atoms with van der Waals surface area (Å²) in [6.45, 7) is 0.778. The second-order valence-corrected chi connectivity index (χ2v) is 4.71. The molecule has 0 saturated heterocycles. The molecule has 1 amide bonds. The van der Waals surface area contributed by atoms with Crippen molar-refractivity contribution in [3.63, 3.8) is 0 Å². The third-order valence-electron chi connectivity index (χ3n) is 2.49. The fourth-order valence-corrected chi connectivity index (χ4v) is 2.38. The van der Waals surface area contributed by atoms with E-state index in [1.54, 1.807) is 30.2 Å². The number of amidine groups is 1. The van der Waals surface area contributed by atoms with Crippen molar-refractivity contribution in [2.45, 2.75) is 0 Å². The number of aliphatic imine (C=N–C) groups is 1. The molecule has 0 unspecified atom stereocenters. The van der Waals surface area contributed by atoms with Crippen LogP contribution in [0, 0.1) is 0 Å². The van der Waals surface area contributed by atoms with Crippen LogP contribution in [-0.2, 0) is 0 Å². The highest BCUT2D eigenvalue weighted by Gasteiger charge is 2.13. The molecule has 0 radical (unpaired) electrons. The zero-order chi connectivity index (χ0) is 11.7. The predicted octanol–water partition coefficient (Wildman–Crippen LogP) is 1.40. The van der Waals surface area contributed by atoms with Crippen molar-refractivity contribution in [2.24, 2.45) is 4.99 Å². The minimum absolute atomic E-state index is 0.130. The summed E-state index contributed by atoms with van der Waals surface area (Å²) in [5.74, 6) is 0.810. The summed E-state index contributed by atoms with van der Waals surface area (Å²) < 4.78 is 0. The van der Waals surface area contributed by atoms with Gasteiger partial charge in [-0.15, -0.1) is 0 Å². The summed E-state index contributed by atoms with van der Waals surface area (Å²) >= 11 is 1.57. The van der Waals surface area contributed by atoms with Gasteiger partial charge in [0, 0.05) is 11.3 Å². The number of nitrogens with one attached hydrogen (secondary N) is 2. The van der Waals surface area contributed by atoms with Crippen molar-refractivity contribution in [3.05, 3.63) is 30.1 Å². The highest BCUT2D eigenvalue weighted by Crippen LogP contribution is 2.13. The molecule has 1 aromatic carbocycles. The lowest BCUT2D eigenvalue weighted by molar-refractivity contribution is 0.0978. The Morgan fingerprint density at radius 2 is 2.41 bits per heavy atom. The molecule has 1 aromatic heterocycles. The van der Waals surface area contributed by atoms with E-state index in [9.17, 15) is 4.79 Å². The van der Waals surface area contributed by atoms with E-state index in [1.807, 2.05) is 6.07 Å². The van der Waals surface area contributed by atoms with Gasteiger partial charge in [0.2, 0.25) is 0 Å². The number of carbonyl (C=O) groups excluding carboxylic acids is 1. The van der Waals surface area contributed by atoms with Crippen molar-refractivity contribution in [2.75, 3.05) is 12.3 Å². The number of benzene rings is 1. The lowest BCUT2D eigenvalue weighted by Crippen LogP contribution is -2.27. The number of hydrogen-bond acceptors (Lipinski definition) is 4. The van der Waals surface area contributed by atoms with E-state index in [2.05, 4.69) is 20.3 Å². The van der Waals surface area contributed by atoms with Crippen LogP contribution in [0.25, 0.3) is 11.0 Å². The molecule has 2 heterocycles. The van der Waals surface area contributed by atoms with Gasteiger partial charge in [-0.3, -0.25) is 9.79 Å². The van der Waals surface area contributed by atoms with Gasteiger partial charge in [0.05, 0.1) is 23.9 Å². The lowest BCUT2D eigenvalue weighted by Gasteiger charge is -2.03. The molecule has 2 N–H and O–H groups in total. The monoisotopic (exact) mass is 246 g/mol.